The summed E-state index contributed by atoms with van der Waals surface area (Å²) in [7, 11) is 1.58. The maximum atomic E-state index is 11.2. The average Bonchev–Trinajstić information content (AvgIpc) is 3.23. The Bertz CT molecular complexity index is 1400. The molecule has 33 heavy (non-hydrogen) atoms. The number of benzene rings is 2. The van der Waals surface area contributed by atoms with Gasteiger partial charge in [0.05, 0.1) is 5.69 Å². The van der Waals surface area contributed by atoms with Crippen LogP contribution >= 0.6 is 0 Å². The molecule has 0 saturated carbocycles. The normalized spacial score (nSPS) is 17.8. The molecule has 2 aromatic heterocycles. The van der Waals surface area contributed by atoms with Crippen LogP contribution in [-0.4, -0.2) is 29.6 Å². The van der Waals surface area contributed by atoms with Crippen LogP contribution in [0, 0.1) is 6.92 Å². The Morgan fingerprint density at radius 2 is 1.24 bits per heavy atom. The van der Waals surface area contributed by atoms with Gasteiger partial charge in [0.15, 0.2) is 11.8 Å². The number of aryl methyl sites for hydroxylation is 1. The SMILES string of the molecule is Cc1ccc(Oc2cccc(-n3c(O)c4c(c3O)C3C=CC4c4c3c(O)n(C)c4O)c2)cc1. The fourth-order valence-corrected chi connectivity index (χ4v) is 5.08. The van der Waals surface area contributed by atoms with Crippen molar-refractivity contribution in [2.24, 2.45) is 7.05 Å². The maximum absolute atomic E-state index is 11.2. The maximum Gasteiger partial charge on any atom is 0.203 e. The summed E-state index contributed by atoms with van der Waals surface area (Å²) >= 11 is 0. The molecule has 2 aromatic carbocycles. The molecule has 0 fully saturated rings. The van der Waals surface area contributed by atoms with Crippen LogP contribution in [0.1, 0.15) is 39.7 Å². The number of hydrogen-bond donors (Lipinski definition) is 4. The van der Waals surface area contributed by atoms with Gasteiger partial charge in [-0.25, -0.2) is 0 Å². The highest BCUT2D eigenvalue weighted by Crippen LogP contribution is 2.60. The number of allylic oxidation sites excluding steroid dienone is 2. The molecule has 2 bridgehead atoms. The van der Waals surface area contributed by atoms with Crippen molar-refractivity contribution in [2.45, 2.75) is 18.8 Å². The van der Waals surface area contributed by atoms with E-state index >= 15 is 0 Å². The quantitative estimate of drug-likeness (QED) is 0.339. The summed E-state index contributed by atoms with van der Waals surface area (Å²) in [6.45, 7) is 2.00. The number of aromatic nitrogens is 2. The molecule has 2 heterocycles. The lowest BCUT2D eigenvalue weighted by atomic mass is 9.70. The van der Waals surface area contributed by atoms with Gasteiger partial charge in [-0.05, 0) is 31.2 Å². The third kappa shape index (κ3) is 2.56. The second kappa shape index (κ2) is 6.62. The summed E-state index contributed by atoms with van der Waals surface area (Å²) in [5.74, 6) is -0.0349. The zero-order valence-electron chi connectivity index (χ0n) is 18.0. The van der Waals surface area contributed by atoms with Crippen molar-refractivity contribution in [1.29, 1.82) is 0 Å². The van der Waals surface area contributed by atoms with Gasteiger partial charge in [0, 0.05) is 47.2 Å². The van der Waals surface area contributed by atoms with Crippen molar-refractivity contribution in [3.8, 4) is 40.7 Å². The molecule has 0 amide bonds. The molecule has 2 unspecified atom stereocenters. The topological polar surface area (TPSA) is 100 Å². The van der Waals surface area contributed by atoms with Gasteiger partial charge in [-0.2, -0.15) is 0 Å². The monoisotopic (exact) mass is 442 g/mol. The molecule has 7 heteroatoms. The molecule has 0 saturated heterocycles. The summed E-state index contributed by atoms with van der Waals surface area (Å²) < 4.78 is 8.65. The molecular weight excluding hydrogens is 420 g/mol. The second-order valence-electron chi connectivity index (χ2n) is 8.60. The van der Waals surface area contributed by atoms with Crippen LogP contribution in [-0.2, 0) is 7.05 Å². The van der Waals surface area contributed by atoms with Crippen LogP contribution < -0.4 is 4.74 Å². The minimum absolute atomic E-state index is 0.0485. The number of hydrogen-bond acceptors (Lipinski definition) is 5. The number of aromatic hydroxyl groups is 4. The first-order valence-electron chi connectivity index (χ1n) is 10.7. The van der Waals surface area contributed by atoms with E-state index in [1.54, 1.807) is 31.3 Å². The third-order valence-corrected chi connectivity index (χ3v) is 6.68. The van der Waals surface area contributed by atoms with Gasteiger partial charge in [-0.3, -0.25) is 9.13 Å². The molecule has 166 valence electrons. The van der Waals surface area contributed by atoms with Crippen molar-refractivity contribution >= 4 is 0 Å². The molecule has 3 aliphatic carbocycles. The van der Waals surface area contributed by atoms with Gasteiger partial charge < -0.3 is 25.2 Å². The molecule has 7 nitrogen and oxygen atoms in total. The van der Waals surface area contributed by atoms with Gasteiger partial charge in [0.25, 0.3) is 0 Å². The molecule has 4 N–H and O–H groups in total. The van der Waals surface area contributed by atoms with E-state index in [1.807, 2.05) is 43.3 Å². The number of ether oxygens (including phenoxy) is 1. The van der Waals surface area contributed by atoms with E-state index < -0.39 is 11.8 Å². The summed E-state index contributed by atoms with van der Waals surface area (Å²) in [6, 6.07) is 14.8. The van der Waals surface area contributed by atoms with E-state index in [2.05, 4.69) is 0 Å². The Morgan fingerprint density at radius 3 is 1.82 bits per heavy atom. The molecule has 4 aromatic rings. The zero-order chi connectivity index (χ0) is 23.0. The Kier molecular flexibility index (Phi) is 3.90. The van der Waals surface area contributed by atoms with E-state index in [1.165, 1.54) is 9.13 Å². The summed E-state index contributed by atoms with van der Waals surface area (Å²) in [5.41, 5.74) is 3.82. The van der Waals surface area contributed by atoms with E-state index in [4.69, 9.17) is 4.74 Å². The highest BCUT2D eigenvalue weighted by atomic mass is 16.5. The highest BCUT2D eigenvalue weighted by molar-refractivity contribution is 5.72. The van der Waals surface area contributed by atoms with E-state index in [0.717, 1.165) is 5.56 Å². The van der Waals surface area contributed by atoms with Crippen molar-refractivity contribution in [1.82, 2.24) is 9.13 Å². The smallest absolute Gasteiger partial charge is 0.203 e. The molecule has 2 atom stereocenters. The van der Waals surface area contributed by atoms with Crippen LogP contribution in [0.5, 0.6) is 35.0 Å². The van der Waals surface area contributed by atoms with Gasteiger partial charge in [-0.1, -0.05) is 35.9 Å². The number of rotatable bonds is 3. The second-order valence-corrected chi connectivity index (χ2v) is 8.60. The first-order chi connectivity index (χ1) is 15.9. The van der Waals surface area contributed by atoms with E-state index in [0.29, 0.717) is 39.4 Å². The fourth-order valence-electron chi connectivity index (χ4n) is 5.08. The molecule has 0 aliphatic heterocycles. The lowest BCUT2D eigenvalue weighted by Crippen LogP contribution is -2.17. The largest absolute Gasteiger partial charge is 0.494 e. The summed E-state index contributed by atoms with van der Waals surface area (Å²) in [6.07, 6.45) is 3.77. The van der Waals surface area contributed by atoms with Gasteiger partial charge in [-0.15, -0.1) is 0 Å². The molecular formula is C26H22N2O5. The predicted molar refractivity (Wildman–Crippen MR) is 122 cm³/mol. The minimum atomic E-state index is -0.480. The van der Waals surface area contributed by atoms with Crippen LogP contribution in [0.2, 0.25) is 0 Å². The Hall–Kier alpha value is -4.26. The first-order valence-corrected chi connectivity index (χ1v) is 10.7. The van der Waals surface area contributed by atoms with Crippen LogP contribution in [0.3, 0.4) is 0 Å². The highest BCUT2D eigenvalue weighted by Gasteiger charge is 2.46. The third-order valence-electron chi connectivity index (χ3n) is 6.68. The predicted octanol–water partition coefficient (Wildman–Crippen LogP) is 4.89. The van der Waals surface area contributed by atoms with Crippen LogP contribution in [0.25, 0.3) is 5.69 Å². The van der Waals surface area contributed by atoms with E-state index in [-0.39, 0.29) is 23.5 Å². The number of nitrogens with zero attached hydrogens (tertiary/aromatic N) is 2. The molecule has 0 radical (unpaired) electrons. The molecule has 7 rings (SSSR count). The minimum Gasteiger partial charge on any atom is -0.494 e. The van der Waals surface area contributed by atoms with E-state index in [9.17, 15) is 20.4 Å². The van der Waals surface area contributed by atoms with Gasteiger partial charge in [0.2, 0.25) is 11.8 Å². The van der Waals surface area contributed by atoms with Crippen molar-refractivity contribution in [3.63, 3.8) is 0 Å². The van der Waals surface area contributed by atoms with Gasteiger partial charge >= 0.3 is 0 Å². The van der Waals surface area contributed by atoms with Crippen molar-refractivity contribution in [3.05, 3.63) is 88.5 Å². The fraction of sp³-hybridized carbons (Fsp3) is 0.154. The summed E-state index contributed by atoms with van der Waals surface area (Å²) in [4.78, 5) is 0. The van der Waals surface area contributed by atoms with Crippen molar-refractivity contribution < 1.29 is 25.2 Å². The van der Waals surface area contributed by atoms with Crippen LogP contribution in [0.4, 0.5) is 0 Å². The first kappa shape index (κ1) is 19.4. The average molecular weight is 442 g/mol. The molecule has 0 spiro atoms. The van der Waals surface area contributed by atoms with Crippen molar-refractivity contribution in [2.75, 3.05) is 0 Å². The Labute approximate surface area is 189 Å². The Balaban J connectivity index is 1.46. The zero-order valence-corrected chi connectivity index (χ0v) is 18.0. The lowest BCUT2D eigenvalue weighted by molar-refractivity contribution is 0.383. The van der Waals surface area contributed by atoms with Crippen LogP contribution in [0.15, 0.2) is 60.7 Å². The summed E-state index contributed by atoms with van der Waals surface area (Å²) in [5, 5.41) is 43.6. The molecule has 3 aliphatic rings. The lowest BCUT2D eigenvalue weighted by Gasteiger charge is -2.31. The Morgan fingerprint density at radius 1 is 0.697 bits per heavy atom. The standard InChI is InChI=1S/C26H22N2O5/c1-13-6-8-15(9-7-13)33-16-5-3-4-14(12-16)28-25(31)21-17-10-11-18(22(21)26(28)32)20-19(17)23(29)27(2)24(20)30/h3-12,17-18,29-32H,1-2H3. The van der Waals surface area contributed by atoms with Gasteiger partial charge in [0.1, 0.15) is 11.5 Å².